The summed E-state index contributed by atoms with van der Waals surface area (Å²) in [5, 5.41) is 0. The summed E-state index contributed by atoms with van der Waals surface area (Å²) < 4.78 is 0. The highest BCUT2D eigenvalue weighted by atomic mass is 14.2. The second-order valence-corrected chi connectivity index (χ2v) is 4.17. The van der Waals surface area contributed by atoms with Gasteiger partial charge in [0.25, 0.3) is 0 Å². The van der Waals surface area contributed by atoms with Crippen LogP contribution in [0, 0.1) is 17.3 Å². The molecule has 1 unspecified atom stereocenters. The molecule has 0 aromatic carbocycles. The average molecular weight is 164 g/mol. The van der Waals surface area contributed by atoms with Gasteiger partial charge in [0.1, 0.15) is 0 Å². The molecule has 0 bridgehead atoms. The lowest BCUT2D eigenvalue weighted by molar-refractivity contribution is 0.345. The summed E-state index contributed by atoms with van der Waals surface area (Å²) in [6.07, 6.45) is 9.14. The van der Waals surface area contributed by atoms with E-state index in [1.54, 1.807) is 0 Å². The van der Waals surface area contributed by atoms with Gasteiger partial charge in [0.15, 0.2) is 0 Å². The second-order valence-electron chi connectivity index (χ2n) is 4.17. The first-order valence-corrected chi connectivity index (χ1v) is 5.27. The SMILES string of the molecule is CCCCCC1(C)C#CCCC1. The van der Waals surface area contributed by atoms with Gasteiger partial charge in [-0.3, -0.25) is 0 Å². The maximum atomic E-state index is 3.40. The Kier molecular flexibility index (Phi) is 3.66. The van der Waals surface area contributed by atoms with Crippen molar-refractivity contribution >= 4 is 0 Å². The van der Waals surface area contributed by atoms with Crippen LogP contribution in [0.25, 0.3) is 0 Å². The van der Waals surface area contributed by atoms with E-state index in [0.717, 1.165) is 6.42 Å². The van der Waals surface area contributed by atoms with Crippen molar-refractivity contribution < 1.29 is 0 Å². The largest absolute Gasteiger partial charge is 0.103 e. The number of rotatable bonds is 4. The molecule has 1 aliphatic carbocycles. The monoisotopic (exact) mass is 164 g/mol. The maximum absolute atomic E-state index is 3.40. The molecule has 0 saturated carbocycles. The van der Waals surface area contributed by atoms with Gasteiger partial charge >= 0.3 is 0 Å². The summed E-state index contributed by atoms with van der Waals surface area (Å²) in [5.41, 5.74) is 0.368. The molecule has 0 N–H and O–H groups in total. The minimum atomic E-state index is 0.368. The third-order valence-corrected chi connectivity index (χ3v) is 2.75. The van der Waals surface area contributed by atoms with Crippen LogP contribution in [0.5, 0.6) is 0 Å². The van der Waals surface area contributed by atoms with Crippen molar-refractivity contribution in [1.29, 1.82) is 0 Å². The molecule has 1 rings (SSSR count). The first-order chi connectivity index (χ1) is 5.77. The van der Waals surface area contributed by atoms with Gasteiger partial charge in [0, 0.05) is 11.8 Å². The Morgan fingerprint density at radius 1 is 1.33 bits per heavy atom. The molecular formula is C12H20. The number of hydrogen-bond acceptors (Lipinski definition) is 0. The molecule has 0 nitrogen and oxygen atoms in total. The molecule has 1 atom stereocenters. The van der Waals surface area contributed by atoms with Crippen LogP contribution >= 0.6 is 0 Å². The van der Waals surface area contributed by atoms with E-state index in [1.165, 1.54) is 38.5 Å². The molecule has 12 heavy (non-hydrogen) atoms. The summed E-state index contributed by atoms with van der Waals surface area (Å²) in [4.78, 5) is 0. The lowest BCUT2D eigenvalue weighted by Gasteiger charge is -2.25. The van der Waals surface area contributed by atoms with E-state index in [4.69, 9.17) is 0 Å². The van der Waals surface area contributed by atoms with Crippen LogP contribution < -0.4 is 0 Å². The predicted octanol–water partition coefficient (Wildman–Crippen LogP) is 3.76. The molecule has 0 heteroatoms. The predicted molar refractivity (Wildman–Crippen MR) is 53.9 cm³/mol. The van der Waals surface area contributed by atoms with Crippen molar-refractivity contribution in [3.8, 4) is 11.8 Å². The van der Waals surface area contributed by atoms with Crippen molar-refractivity contribution in [1.82, 2.24) is 0 Å². The molecule has 1 aliphatic rings. The van der Waals surface area contributed by atoms with E-state index < -0.39 is 0 Å². The summed E-state index contributed by atoms with van der Waals surface area (Å²) >= 11 is 0. The van der Waals surface area contributed by atoms with E-state index in [2.05, 4.69) is 25.7 Å². The molecule has 0 amide bonds. The molecule has 0 heterocycles. The Labute approximate surface area is 76.7 Å². The number of hydrogen-bond donors (Lipinski definition) is 0. The van der Waals surface area contributed by atoms with Crippen LogP contribution in [-0.2, 0) is 0 Å². The lowest BCUT2D eigenvalue weighted by atomic mass is 9.78. The Morgan fingerprint density at radius 2 is 2.17 bits per heavy atom. The maximum Gasteiger partial charge on any atom is 0.0286 e. The van der Waals surface area contributed by atoms with Crippen molar-refractivity contribution in [3.63, 3.8) is 0 Å². The Balaban J connectivity index is 2.31. The first kappa shape index (κ1) is 9.65. The third kappa shape index (κ3) is 2.89. The summed E-state index contributed by atoms with van der Waals surface area (Å²) in [6.45, 7) is 4.59. The van der Waals surface area contributed by atoms with Gasteiger partial charge in [-0.2, -0.15) is 0 Å². The standard InChI is InChI=1S/C12H20/c1-3-4-6-9-12(2)10-7-5-8-11-12/h3-7,9-10H2,1-2H3. The molecule has 0 aliphatic heterocycles. The molecule has 0 radical (unpaired) electrons. The highest BCUT2D eigenvalue weighted by molar-refractivity contribution is 5.13. The highest BCUT2D eigenvalue weighted by Gasteiger charge is 2.21. The fraction of sp³-hybridized carbons (Fsp3) is 0.833. The highest BCUT2D eigenvalue weighted by Crippen LogP contribution is 2.31. The Morgan fingerprint density at radius 3 is 2.75 bits per heavy atom. The molecule has 0 aromatic rings. The van der Waals surface area contributed by atoms with Gasteiger partial charge in [-0.05, 0) is 26.2 Å². The quantitative estimate of drug-likeness (QED) is 0.438. The molecule has 0 fully saturated rings. The Bertz CT molecular complexity index is 182. The lowest BCUT2D eigenvalue weighted by Crippen LogP contribution is -2.15. The van der Waals surface area contributed by atoms with E-state index in [-0.39, 0.29) is 0 Å². The summed E-state index contributed by atoms with van der Waals surface area (Å²) in [6, 6.07) is 0. The van der Waals surface area contributed by atoms with E-state index in [9.17, 15) is 0 Å². The van der Waals surface area contributed by atoms with Crippen molar-refractivity contribution in [2.45, 2.75) is 58.8 Å². The summed E-state index contributed by atoms with van der Waals surface area (Å²) in [5.74, 6) is 6.66. The average Bonchev–Trinajstić information content (AvgIpc) is 2.06. The van der Waals surface area contributed by atoms with Crippen molar-refractivity contribution in [2.24, 2.45) is 5.41 Å². The van der Waals surface area contributed by atoms with E-state index >= 15 is 0 Å². The van der Waals surface area contributed by atoms with Crippen LogP contribution in [0.15, 0.2) is 0 Å². The van der Waals surface area contributed by atoms with E-state index in [0.29, 0.717) is 5.41 Å². The normalized spacial score (nSPS) is 27.8. The van der Waals surface area contributed by atoms with Gasteiger partial charge in [-0.15, -0.1) is 5.92 Å². The number of unbranched alkanes of at least 4 members (excludes halogenated alkanes) is 2. The first-order valence-electron chi connectivity index (χ1n) is 5.27. The van der Waals surface area contributed by atoms with Crippen LogP contribution in [0.3, 0.4) is 0 Å². The molecule has 0 aromatic heterocycles. The Hall–Kier alpha value is -0.440. The molecule has 0 saturated heterocycles. The van der Waals surface area contributed by atoms with Crippen LogP contribution in [0.4, 0.5) is 0 Å². The molecule has 0 spiro atoms. The smallest absolute Gasteiger partial charge is 0.0286 e. The topological polar surface area (TPSA) is 0 Å². The van der Waals surface area contributed by atoms with E-state index in [1.807, 2.05) is 0 Å². The second kappa shape index (κ2) is 4.55. The van der Waals surface area contributed by atoms with Gasteiger partial charge in [-0.1, -0.05) is 32.1 Å². The van der Waals surface area contributed by atoms with Crippen LogP contribution in [-0.4, -0.2) is 0 Å². The zero-order valence-electron chi connectivity index (χ0n) is 8.45. The van der Waals surface area contributed by atoms with Gasteiger partial charge in [0.05, 0.1) is 0 Å². The third-order valence-electron chi connectivity index (χ3n) is 2.75. The zero-order valence-corrected chi connectivity index (χ0v) is 8.45. The van der Waals surface area contributed by atoms with Crippen LogP contribution in [0.2, 0.25) is 0 Å². The fourth-order valence-corrected chi connectivity index (χ4v) is 1.86. The minimum Gasteiger partial charge on any atom is -0.103 e. The summed E-state index contributed by atoms with van der Waals surface area (Å²) in [7, 11) is 0. The molecular weight excluding hydrogens is 144 g/mol. The van der Waals surface area contributed by atoms with Crippen molar-refractivity contribution in [3.05, 3.63) is 0 Å². The van der Waals surface area contributed by atoms with Gasteiger partial charge in [-0.25, -0.2) is 0 Å². The van der Waals surface area contributed by atoms with Crippen LogP contribution in [0.1, 0.15) is 58.8 Å². The minimum absolute atomic E-state index is 0.368. The van der Waals surface area contributed by atoms with Crippen molar-refractivity contribution in [2.75, 3.05) is 0 Å². The van der Waals surface area contributed by atoms with Gasteiger partial charge < -0.3 is 0 Å². The van der Waals surface area contributed by atoms with Gasteiger partial charge in [0.2, 0.25) is 0 Å². The molecule has 68 valence electrons. The fourth-order valence-electron chi connectivity index (χ4n) is 1.86. The zero-order chi connectivity index (χ0) is 8.86.